The van der Waals surface area contributed by atoms with Crippen LogP contribution in [0.3, 0.4) is 0 Å². The SMILES string of the molecule is CCC(C)(O)CN1C2CCCC1CC2. The summed E-state index contributed by atoms with van der Waals surface area (Å²) in [5, 5.41) is 10.1. The second-order valence-corrected chi connectivity index (χ2v) is 5.34. The molecular formula is C12H23NO. The minimum absolute atomic E-state index is 0.474. The summed E-state index contributed by atoms with van der Waals surface area (Å²) in [5.74, 6) is 0. The standard InChI is InChI=1S/C12H23NO/c1-3-12(2,14)9-13-10-5-4-6-11(13)8-7-10/h10-11,14H,3-9H2,1-2H3. The van der Waals surface area contributed by atoms with Gasteiger partial charge in [0.1, 0.15) is 0 Å². The first-order chi connectivity index (χ1) is 6.62. The van der Waals surface area contributed by atoms with Crippen LogP contribution in [-0.2, 0) is 0 Å². The largest absolute Gasteiger partial charge is 0.389 e. The molecule has 0 radical (unpaired) electrons. The van der Waals surface area contributed by atoms with E-state index in [1.165, 1.54) is 32.1 Å². The highest BCUT2D eigenvalue weighted by atomic mass is 16.3. The zero-order valence-electron chi connectivity index (χ0n) is 9.50. The van der Waals surface area contributed by atoms with Gasteiger partial charge in [-0.25, -0.2) is 0 Å². The Labute approximate surface area is 87.3 Å². The quantitative estimate of drug-likeness (QED) is 0.749. The van der Waals surface area contributed by atoms with E-state index in [2.05, 4.69) is 11.8 Å². The lowest BCUT2D eigenvalue weighted by molar-refractivity contribution is -0.00943. The third kappa shape index (κ3) is 1.96. The van der Waals surface area contributed by atoms with Crippen LogP contribution in [0.1, 0.15) is 52.4 Å². The molecule has 3 unspecified atom stereocenters. The molecule has 2 heteroatoms. The Morgan fingerprint density at radius 2 is 1.79 bits per heavy atom. The number of hydrogen-bond acceptors (Lipinski definition) is 2. The van der Waals surface area contributed by atoms with E-state index < -0.39 is 5.60 Å². The number of piperidine rings is 1. The highest BCUT2D eigenvalue weighted by Gasteiger charge is 2.38. The van der Waals surface area contributed by atoms with Gasteiger partial charge in [-0.3, -0.25) is 4.90 Å². The number of nitrogens with zero attached hydrogens (tertiary/aromatic N) is 1. The number of rotatable bonds is 3. The Balaban J connectivity index is 1.98. The Morgan fingerprint density at radius 1 is 1.21 bits per heavy atom. The van der Waals surface area contributed by atoms with Gasteiger partial charge < -0.3 is 5.11 Å². The summed E-state index contributed by atoms with van der Waals surface area (Å²) in [7, 11) is 0. The molecule has 0 aromatic rings. The molecule has 3 atom stereocenters. The first-order valence-electron chi connectivity index (χ1n) is 6.10. The molecule has 2 nitrogen and oxygen atoms in total. The van der Waals surface area contributed by atoms with Gasteiger partial charge in [-0.2, -0.15) is 0 Å². The van der Waals surface area contributed by atoms with Gasteiger partial charge in [-0.1, -0.05) is 13.3 Å². The molecule has 0 aromatic heterocycles. The van der Waals surface area contributed by atoms with Crippen LogP contribution in [0.5, 0.6) is 0 Å². The first kappa shape index (κ1) is 10.4. The summed E-state index contributed by atoms with van der Waals surface area (Å²) in [6.07, 6.45) is 7.71. The summed E-state index contributed by atoms with van der Waals surface area (Å²) in [5.41, 5.74) is -0.474. The van der Waals surface area contributed by atoms with Crippen molar-refractivity contribution in [2.24, 2.45) is 0 Å². The van der Waals surface area contributed by atoms with Crippen molar-refractivity contribution in [1.29, 1.82) is 0 Å². The van der Waals surface area contributed by atoms with E-state index >= 15 is 0 Å². The topological polar surface area (TPSA) is 23.5 Å². The molecule has 0 amide bonds. The second kappa shape index (κ2) is 3.82. The molecule has 0 aromatic carbocycles. The van der Waals surface area contributed by atoms with Crippen molar-refractivity contribution >= 4 is 0 Å². The van der Waals surface area contributed by atoms with Crippen LogP contribution in [0.25, 0.3) is 0 Å². The summed E-state index contributed by atoms with van der Waals surface area (Å²) >= 11 is 0. The van der Waals surface area contributed by atoms with E-state index in [1.807, 2.05) is 6.92 Å². The van der Waals surface area contributed by atoms with E-state index in [4.69, 9.17) is 0 Å². The summed E-state index contributed by atoms with van der Waals surface area (Å²) < 4.78 is 0. The summed E-state index contributed by atoms with van der Waals surface area (Å²) in [4.78, 5) is 2.58. The molecule has 14 heavy (non-hydrogen) atoms. The molecule has 2 rings (SSSR count). The molecule has 2 bridgehead atoms. The Hall–Kier alpha value is -0.0800. The van der Waals surface area contributed by atoms with Crippen molar-refractivity contribution in [2.75, 3.05) is 6.54 Å². The normalized spacial score (nSPS) is 37.1. The highest BCUT2D eigenvalue weighted by molar-refractivity contribution is 4.94. The van der Waals surface area contributed by atoms with Gasteiger partial charge in [0.05, 0.1) is 5.60 Å². The number of hydrogen-bond donors (Lipinski definition) is 1. The Bertz CT molecular complexity index is 186. The van der Waals surface area contributed by atoms with Crippen LogP contribution in [0.15, 0.2) is 0 Å². The minimum Gasteiger partial charge on any atom is -0.389 e. The van der Waals surface area contributed by atoms with Gasteiger partial charge in [0.25, 0.3) is 0 Å². The predicted octanol–water partition coefficient (Wildman–Crippen LogP) is 2.16. The van der Waals surface area contributed by atoms with Crippen LogP contribution in [0, 0.1) is 0 Å². The van der Waals surface area contributed by atoms with Crippen molar-refractivity contribution in [1.82, 2.24) is 4.90 Å². The predicted molar refractivity (Wildman–Crippen MR) is 58.3 cm³/mol. The number of fused-ring (bicyclic) bond motifs is 2. The molecule has 1 N–H and O–H groups in total. The van der Waals surface area contributed by atoms with Gasteiger partial charge in [0.2, 0.25) is 0 Å². The van der Waals surface area contributed by atoms with Gasteiger partial charge in [0.15, 0.2) is 0 Å². The minimum atomic E-state index is -0.474. The average Bonchev–Trinajstić information content (AvgIpc) is 2.41. The van der Waals surface area contributed by atoms with Crippen LogP contribution in [0.4, 0.5) is 0 Å². The zero-order valence-corrected chi connectivity index (χ0v) is 9.50. The van der Waals surface area contributed by atoms with Gasteiger partial charge in [-0.05, 0) is 39.0 Å². The molecule has 0 saturated carbocycles. The monoisotopic (exact) mass is 197 g/mol. The molecule has 2 saturated heterocycles. The van der Waals surface area contributed by atoms with E-state index in [0.29, 0.717) is 0 Å². The zero-order chi connectivity index (χ0) is 10.2. The molecule has 2 aliphatic heterocycles. The van der Waals surface area contributed by atoms with Crippen LogP contribution in [0.2, 0.25) is 0 Å². The van der Waals surface area contributed by atoms with Crippen molar-refractivity contribution in [3.8, 4) is 0 Å². The molecule has 0 spiro atoms. The lowest BCUT2D eigenvalue weighted by Crippen LogP contribution is -2.48. The maximum absolute atomic E-state index is 10.1. The smallest absolute Gasteiger partial charge is 0.0743 e. The number of aliphatic hydroxyl groups is 1. The van der Waals surface area contributed by atoms with Crippen LogP contribution in [-0.4, -0.2) is 34.2 Å². The molecule has 2 heterocycles. The maximum atomic E-state index is 10.1. The maximum Gasteiger partial charge on any atom is 0.0743 e. The van der Waals surface area contributed by atoms with Crippen molar-refractivity contribution in [2.45, 2.75) is 70.1 Å². The molecule has 2 fully saturated rings. The summed E-state index contributed by atoms with van der Waals surface area (Å²) in [6.45, 7) is 4.94. The van der Waals surface area contributed by atoms with E-state index in [0.717, 1.165) is 25.0 Å². The Morgan fingerprint density at radius 3 is 2.29 bits per heavy atom. The van der Waals surface area contributed by atoms with Crippen LogP contribution >= 0.6 is 0 Å². The van der Waals surface area contributed by atoms with E-state index in [9.17, 15) is 5.11 Å². The molecule has 2 aliphatic rings. The average molecular weight is 197 g/mol. The molecule has 0 aliphatic carbocycles. The van der Waals surface area contributed by atoms with Crippen LogP contribution < -0.4 is 0 Å². The summed E-state index contributed by atoms with van der Waals surface area (Å²) in [6, 6.07) is 1.57. The van der Waals surface area contributed by atoms with E-state index in [1.54, 1.807) is 0 Å². The second-order valence-electron chi connectivity index (χ2n) is 5.34. The van der Waals surface area contributed by atoms with Gasteiger partial charge >= 0.3 is 0 Å². The molecular weight excluding hydrogens is 174 g/mol. The van der Waals surface area contributed by atoms with Crippen molar-refractivity contribution < 1.29 is 5.11 Å². The van der Waals surface area contributed by atoms with Crippen molar-refractivity contribution in [3.63, 3.8) is 0 Å². The fourth-order valence-corrected chi connectivity index (χ4v) is 2.99. The fraction of sp³-hybridized carbons (Fsp3) is 1.00. The van der Waals surface area contributed by atoms with Gasteiger partial charge in [0, 0.05) is 18.6 Å². The Kier molecular flexibility index (Phi) is 2.85. The van der Waals surface area contributed by atoms with E-state index in [-0.39, 0.29) is 0 Å². The molecule has 82 valence electrons. The highest BCUT2D eigenvalue weighted by Crippen LogP contribution is 2.36. The third-order valence-electron chi connectivity index (χ3n) is 4.13. The van der Waals surface area contributed by atoms with Gasteiger partial charge in [-0.15, -0.1) is 0 Å². The lowest BCUT2D eigenvalue weighted by atomic mass is 9.97. The fourth-order valence-electron chi connectivity index (χ4n) is 2.99. The lowest BCUT2D eigenvalue weighted by Gasteiger charge is -2.39. The first-order valence-corrected chi connectivity index (χ1v) is 6.10. The van der Waals surface area contributed by atoms with Crippen molar-refractivity contribution in [3.05, 3.63) is 0 Å². The third-order valence-corrected chi connectivity index (χ3v) is 4.13.